The van der Waals surface area contributed by atoms with Crippen molar-refractivity contribution in [3.05, 3.63) is 35.8 Å². The van der Waals surface area contributed by atoms with Gasteiger partial charge in [-0.05, 0) is 69.6 Å². The number of carbonyl (C=O) groups is 1. The van der Waals surface area contributed by atoms with E-state index < -0.39 is 0 Å². The third-order valence-electron chi connectivity index (χ3n) is 6.72. The minimum atomic E-state index is -0.111. The molecule has 182 valence electrons. The van der Waals surface area contributed by atoms with Crippen LogP contribution in [-0.4, -0.2) is 46.7 Å². The highest BCUT2D eigenvalue weighted by molar-refractivity contribution is 6.09. The van der Waals surface area contributed by atoms with Crippen molar-refractivity contribution in [2.45, 2.75) is 57.5 Å². The molecule has 5 rings (SSSR count). The van der Waals surface area contributed by atoms with Crippen molar-refractivity contribution < 1.29 is 14.3 Å². The fraction of sp³-hybridized carbons (Fsp3) is 0.480. The van der Waals surface area contributed by atoms with E-state index in [0.29, 0.717) is 35.0 Å². The maximum atomic E-state index is 13.2. The van der Waals surface area contributed by atoms with E-state index in [1.54, 1.807) is 7.11 Å². The average molecular weight is 486 g/mol. The number of nitrogens with one attached hydrogen (secondary N) is 2. The number of ether oxygens (including phenoxy) is 2. The van der Waals surface area contributed by atoms with Gasteiger partial charge in [-0.2, -0.15) is 0 Å². The van der Waals surface area contributed by atoms with Gasteiger partial charge in [-0.15, -0.1) is 12.4 Å². The molecule has 1 amide bonds. The van der Waals surface area contributed by atoms with E-state index in [1.165, 1.54) is 19.2 Å². The summed E-state index contributed by atoms with van der Waals surface area (Å²) in [5.41, 5.74) is 10.2. The highest BCUT2D eigenvalue weighted by Gasteiger charge is 2.26. The Kier molecular flexibility index (Phi) is 7.28. The Balaban J connectivity index is 0.00000274. The molecule has 0 unspecified atom stereocenters. The van der Waals surface area contributed by atoms with E-state index in [1.807, 2.05) is 25.1 Å². The molecule has 2 aliphatic carbocycles. The Morgan fingerprint density at radius 2 is 1.94 bits per heavy atom. The first-order valence-electron chi connectivity index (χ1n) is 11.7. The van der Waals surface area contributed by atoms with E-state index in [2.05, 4.69) is 20.3 Å². The Labute approximate surface area is 205 Å². The van der Waals surface area contributed by atoms with Gasteiger partial charge < -0.3 is 25.5 Å². The molecule has 3 aromatic rings. The molecule has 2 aliphatic rings. The number of hydrogen-bond donors (Lipinski definition) is 3. The minimum Gasteiger partial charge on any atom is -0.497 e. The van der Waals surface area contributed by atoms with Gasteiger partial charge in [0.1, 0.15) is 29.0 Å². The number of H-pyrrole nitrogens is 1. The molecule has 2 heterocycles. The number of methoxy groups -OCH3 is 1. The molecule has 0 radical (unpaired) electrons. The van der Waals surface area contributed by atoms with Crippen molar-refractivity contribution in [2.75, 3.05) is 13.7 Å². The van der Waals surface area contributed by atoms with Crippen molar-refractivity contribution in [1.82, 2.24) is 20.3 Å². The maximum Gasteiger partial charge on any atom is 0.255 e. The second-order valence-corrected chi connectivity index (χ2v) is 9.27. The number of fused-ring (bicyclic) bond motifs is 1. The molecule has 4 N–H and O–H groups in total. The van der Waals surface area contributed by atoms with E-state index in [-0.39, 0.29) is 30.4 Å². The first-order chi connectivity index (χ1) is 16.0. The number of aromatic nitrogens is 3. The Hall–Kier alpha value is -2.84. The van der Waals surface area contributed by atoms with Crippen LogP contribution in [0.3, 0.4) is 0 Å². The van der Waals surface area contributed by atoms with Crippen LogP contribution in [-0.2, 0) is 0 Å². The van der Waals surface area contributed by atoms with Crippen molar-refractivity contribution in [3.63, 3.8) is 0 Å². The summed E-state index contributed by atoms with van der Waals surface area (Å²) in [7, 11) is 1.64. The molecule has 0 saturated heterocycles. The zero-order chi connectivity index (χ0) is 22.9. The molecule has 9 heteroatoms. The second-order valence-electron chi connectivity index (χ2n) is 9.27. The van der Waals surface area contributed by atoms with Gasteiger partial charge in [-0.25, -0.2) is 9.97 Å². The van der Waals surface area contributed by atoms with Crippen LogP contribution >= 0.6 is 12.4 Å². The Morgan fingerprint density at radius 3 is 2.65 bits per heavy atom. The van der Waals surface area contributed by atoms with Crippen LogP contribution in [0.15, 0.2) is 24.5 Å². The monoisotopic (exact) mass is 485 g/mol. The minimum absolute atomic E-state index is 0. The number of nitrogens with zero attached hydrogens (tertiary/aromatic N) is 2. The predicted octanol–water partition coefficient (Wildman–Crippen LogP) is 4.15. The van der Waals surface area contributed by atoms with Gasteiger partial charge >= 0.3 is 0 Å². The van der Waals surface area contributed by atoms with Gasteiger partial charge in [-0.3, -0.25) is 4.79 Å². The van der Waals surface area contributed by atoms with Crippen molar-refractivity contribution in [1.29, 1.82) is 0 Å². The number of carbonyl (C=O) groups excluding carboxylic acids is 1. The number of amides is 1. The van der Waals surface area contributed by atoms with Crippen LogP contribution in [0, 0.1) is 12.8 Å². The summed E-state index contributed by atoms with van der Waals surface area (Å²) in [5.74, 6) is 1.98. The lowest BCUT2D eigenvalue weighted by Crippen LogP contribution is -2.40. The highest BCUT2D eigenvalue weighted by Crippen LogP contribution is 2.38. The number of halogens is 1. The number of benzene rings is 1. The van der Waals surface area contributed by atoms with Gasteiger partial charge in [-0.1, -0.05) is 0 Å². The van der Waals surface area contributed by atoms with Gasteiger partial charge in [0.2, 0.25) is 0 Å². The summed E-state index contributed by atoms with van der Waals surface area (Å²) >= 11 is 0. The quantitative estimate of drug-likeness (QED) is 0.463. The number of nitrogens with two attached hydrogens (primary N) is 1. The Morgan fingerprint density at radius 1 is 1.18 bits per heavy atom. The number of aromatic amines is 1. The lowest BCUT2D eigenvalue weighted by Gasteiger charge is -2.26. The lowest BCUT2D eigenvalue weighted by molar-refractivity contribution is 0.0927. The van der Waals surface area contributed by atoms with Gasteiger partial charge in [0.15, 0.2) is 0 Å². The van der Waals surface area contributed by atoms with Crippen LogP contribution in [0.2, 0.25) is 0 Å². The smallest absolute Gasteiger partial charge is 0.255 e. The summed E-state index contributed by atoms with van der Waals surface area (Å²) in [6, 6.07) is 6.11. The highest BCUT2D eigenvalue weighted by atomic mass is 35.5. The average Bonchev–Trinajstić information content (AvgIpc) is 3.58. The van der Waals surface area contributed by atoms with E-state index >= 15 is 0 Å². The molecule has 0 bridgehead atoms. The molecule has 8 nitrogen and oxygen atoms in total. The molecule has 0 spiro atoms. The van der Waals surface area contributed by atoms with Crippen LogP contribution in [0.5, 0.6) is 11.5 Å². The molecule has 0 aliphatic heterocycles. The van der Waals surface area contributed by atoms with Gasteiger partial charge in [0.25, 0.3) is 5.91 Å². The van der Waals surface area contributed by atoms with Crippen LogP contribution < -0.4 is 20.5 Å². The SMILES string of the molecule is COc1ccc(OCC2CC2)c(-c2ncnc3c(C(=O)NC4CCC(N)CC4)c(C)[nH]c23)c1.Cl. The number of rotatable bonds is 7. The van der Waals surface area contributed by atoms with Crippen LogP contribution in [0.25, 0.3) is 22.3 Å². The summed E-state index contributed by atoms with van der Waals surface area (Å²) in [5, 5.41) is 3.18. The van der Waals surface area contributed by atoms with E-state index in [4.69, 9.17) is 15.2 Å². The standard InChI is InChI=1S/C25H31N5O3.ClH/c1-14-21(25(31)30-17-7-5-16(26)6-8-17)23-24(29-14)22(27-13-28-23)19-11-18(32-2)9-10-20(19)33-12-15-3-4-15;/h9-11,13,15-17,29H,3-8,12,26H2,1-2H3,(H,30,31);1H. The molecular weight excluding hydrogens is 454 g/mol. The predicted molar refractivity (Wildman–Crippen MR) is 134 cm³/mol. The molecular formula is C25H32ClN5O3. The molecule has 2 saturated carbocycles. The van der Waals surface area contributed by atoms with Crippen molar-refractivity contribution in [2.24, 2.45) is 11.7 Å². The number of aryl methyl sites for hydroxylation is 1. The van der Waals surface area contributed by atoms with Crippen LogP contribution in [0.1, 0.15) is 54.6 Å². The van der Waals surface area contributed by atoms with Gasteiger partial charge in [0, 0.05) is 23.3 Å². The normalized spacial score (nSPS) is 20.0. The maximum absolute atomic E-state index is 13.2. The summed E-state index contributed by atoms with van der Waals surface area (Å²) in [4.78, 5) is 25.6. The molecule has 2 aromatic heterocycles. The second kappa shape index (κ2) is 10.2. The fourth-order valence-corrected chi connectivity index (χ4v) is 4.56. The van der Waals surface area contributed by atoms with E-state index in [0.717, 1.165) is 48.2 Å². The topological polar surface area (TPSA) is 115 Å². The number of hydrogen-bond acceptors (Lipinski definition) is 6. The third kappa shape index (κ3) is 4.98. The molecule has 0 atom stereocenters. The van der Waals surface area contributed by atoms with Crippen LogP contribution in [0.4, 0.5) is 0 Å². The summed E-state index contributed by atoms with van der Waals surface area (Å²) in [6.45, 7) is 2.59. The summed E-state index contributed by atoms with van der Waals surface area (Å²) < 4.78 is 11.6. The van der Waals surface area contributed by atoms with Crippen molar-refractivity contribution in [3.8, 4) is 22.8 Å². The zero-order valence-corrected chi connectivity index (χ0v) is 20.4. The lowest BCUT2D eigenvalue weighted by atomic mass is 9.91. The molecule has 2 fully saturated rings. The fourth-order valence-electron chi connectivity index (χ4n) is 4.56. The first kappa shape index (κ1) is 24.3. The molecule has 1 aromatic carbocycles. The first-order valence-corrected chi connectivity index (χ1v) is 11.7. The zero-order valence-electron chi connectivity index (χ0n) is 19.6. The van der Waals surface area contributed by atoms with Gasteiger partial charge in [0.05, 0.1) is 24.8 Å². The van der Waals surface area contributed by atoms with E-state index in [9.17, 15) is 4.79 Å². The summed E-state index contributed by atoms with van der Waals surface area (Å²) in [6.07, 6.45) is 7.60. The van der Waals surface area contributed by atoms with Crippen molar-refractivity contribution >= 4 is 29.3 Å². The molecule has 34 heavy (non-hydrogen) atoms. The third-order valence-corrected chi connectivity index (χ3v) is 6.72. The largest absolute Gasteiger partial charge is 0.497 e. The Bertz CT molecular complexity index is 1170.